The minimum absolute atomic E-state index is 0.0221. The average Bonchev–Trinajstić information content (AvgIpc) is 2.82. The first-order valence-electron chi connectivity index (χ1n) is 9.13. The van der Waals surface area contributed by atoms with Gasteiger partial charge in [0, 0.05) is 22.9 Å². The summed E-state index contributed by atoms with van der Waals surface area (Å²) < 4.78 is 4.96. The molecule has 0 radical (unpaired) electrons. The molecule has 0 saturated carbocycles. The lowest BCUT2D eigenvalue weighted by atomic mass is 10.0. The van der Waals surface area contributed by atoms with E-state index in [4.69, 9.17) is 10.1 Å². The van der Waals surface area contributed by atoms with Crippen LogP contribution in [0.4, 0.5) is 4.79 Å². The quantitative estimate of drug-likeness (QED) is 0.322. The van der Waals surface area contributed by atoms with E-state index in [1.54, 1.807) is 6.92 Å². The summed E-state index contributed by atoms with van der Waals surface area (Å²) in [4.78, 5) is 24.7. The number of nitrogens with one attached hydrogen (secondary N) is 4. The number of ether oxygens (including phenoxy) is 1. The van der Waals surface area contributed by atoms with Gasteiger partial charge >= 0.3 is 6.09 Å². The summed E-state index contributed by atoms with van der Waals surface area (Å²) in [6.45, 7) is 16.6. The molecule has 7 nitrogen and oxygen atoms in total. The fourth-order valence-corrected chi connectivity index (χ4v) is 4.23. The number of carbonyl (C=O) groups excluding carboxylic acids is 2. The lowest BCUT2D eigenvalue weighted by Crippen LogP contribution is -2.50. The lowest BCUT2D eigenvalue weighted by Gasteiger charge is -2.38. The molecule has 0 fully saturated rings. The van der Waals surface area contributed by atoms with Crippen LogP contribution in [0.5, 0.6) is 0 Å². The number of amidine groups is 1. The molecule has 0 unspecified atom stereocenters. The van der Waals surface area contributed by atoms with Crippen molar-refractivity contribution in [1.82, 2.24) is 16.0 Å². The standard InChI is InChI=1S/C18H34N4O3Si/c1-9-25-16(24)21-13-12(11-20-17(13,3)4)14(19)22-15(23)18(5,6)26(7,8)10-2/h20H,9-11H2,1-8H3,(H,21,24)(H2,19,22,23). The number of carbonyl (C=O) groups is 2. The maximum absolute atomic E-state index is 12.9. The van der Waals surface area contributed by atoms with E-state index in [2.05, 4.69) is 36.0 Å². The number of hydrogen-bond donors (Lipinski definition) is 4. The van der Waals surface area contributed by atoms with Crippen molar-refractivity contribution in [3.05, 3.63) is 11.3 Å². The SMILES string of the molecule is CCOC(=O)NC1=C(C(=N)NC(=O)C(C)(C)[Si](C)(C)CC)CNC1(C)C. The molecule has 0 atom stereocenters. The summed E-state index contributed by atoms with van der Waals surface area (Å²) >= 11 is 0. The molecular formula is C18H34N4O3Si. The van der Waals surface area contributed by atoms with Gasteiger partial charge in [0.05, 0.1) is 20.2 Å². The largest absolute Gasteiger partial charge is 0.450 e. The molecule has 1 aliphatic heterocycles. The Kier molecular flexibility index (Phi) is 6.81. The molecule has 0 bridgehead atoms. The van der Waals surface area contributed by atoms with Gasteiger partial charge in [0.25, 0.3) is 0 Å². The van der Waals surface area contributed by atoms with Gasteiger partial charge in [0.15, 0.2) is 0 Å². The Morgan fingerprint density at radius 1 is 1.31 bits per heavy atom. The Labute approximate surface area is 157 Å². The second-order valence-corrected chi connectivity index (χ2v) is 14.1. The van der Waals surface area contributed by atoms with Crippen molar-refractivity contribution in [3.8, 4) is 0 Å². The maximum atomic E-state index is 12.9. The first-order chi connectivity index (χ1) is 11.8. The van der Waals surface area contributed by atoms with Crippen LogP contribution in [0.15, 0.2) is 11.3 Å². The van der Waals surface area contributed by atoms with Gasteiger partial charge in [-0.25, -0.2) is 4.79 Å². The summed E-state index contributed by atoms with van der Waals surface area (Å²) in [5.41, 5.74) is 0.612. The minimum Gasteiger partial charge on any atom is -0.450 e. The van der Waals surface area contributed by atoms with Crippen molar-refractivity contribution in [2.75, 3.05) is 13.2 Å². The smallest absolute Gasteiger partial charge is 0.411 e. The van der Waals surface area contributed by atoms with E-state index in [9.17, 15) is 9.59 Å². The van der Waals surface area contributed by atoms with Crippen molar-refractivity contribution < 1.29 is 14.3 Å². The topological polar surface area (TPSA) is 103 Å². The molecule has 0 aromatic carbocycles. The third-order valence-electron chi connectivity index (χ3n) is 5.82. The number of hydrogen-bond acceptors (Lipinski definition) is 5. The van der Waals surface area contributed by atoms with Crippen molar-refractivity contribution in [2.45, 2.75) is 71.3 Å². The van der Waals surface area contributed by atoms with E-state index in [1.165, 1.54) is 0 Å². The second kappa shape index (κ2) is 7.92. The van der Waals surface area contributed by atoms with Crippen molar-refractivity contribution in [1.29, 1.82) is 5.41 Å². The van der Waals surface area contributed by atoms with Crippen LogP contribution >= 0.6 is 0 Å². The van der Waals surface area contributed by atoms with Crippen LogP contribution in [0, 0.1) is 5.41 Å². The predicted octanol–water partition coefficient (Wildman–Crippen LogP) is 2.97. The van der Waals surface area contributed by atoms with Gasteiger partial charge in [-0.1, -0.05) is 39.9 Å². The zero-order valence-electron chi connectivity index (χ0n) is 17.3. The summed E-state index contributed by atoms with van der Waals surface area (Å²) in [7, 11) is -1.79. The highest BCUT2D eigenvalue weighted by Crippen LogP contribution is 2.39. The summed E-state index contributed by atoms with van der Waals surface area (Å²) in [5, 5.41) is 16.6. The molecule has 26 heavy (non-hydrogen) atoms. The van der Waals surface area contributed by atoms with Crippen molar-refractivity contribution in [3.63, 3.8) is 0 Å². The average molecular weight is 383 g/mol. The van der Waals surface area contributed by atoms with Gasteiger partial charge in [0.1, 0.15) is 5.84 Å². The van der Waals surface area contributed by atoms with Crippen LogP contribution in [-0.4, -0.2) is 44.6 Å². The zero-order chi connectivity index (χ0) is 20.3. The monoisotopic (exact) mass is 382 g/mol. The Balaban J connectivity index is 3.06. The predicted molar refractivity (Wildman–Crippen MR) is 107 cm³/mol. The molecular weight excluding hydrogens is 348 g/mol. The highest BCUT2D eigenvalue weighted by molar-refractivity contribution is 6.83. The van der Waals surface area contributed by atoms with E-state index in [1.807, 2.05) is 27.7 Å². The minimum atomic E-state index is -1.79. The third kappa shape index (κ3) is 4.53. The molecule has 4 N–H and O–H groups in total. The maximum Gasteiger partial charge on any atom is 0.411 e. The van der Waals surface area contributed by atoms with Crippen LogP contribution in [-0.2, 0) is 9.53 Å². The highest BCUT2D eigenvalue weighted by atomic mass is 28.3. The highest BCUT2D eigenvalue weighted by Gasteiger charge is 2.44. The van der Waals surface area contributed by atoms with Crippen molar-refractivity contribution in [2.24, 2.45) is 0 Å². The lowest BCUT2D eigenvalue weighted by molar-refractivity contribution is -0.122. The van der Waals surface area contributed by atoms with Crippen LogP contribution in [0.2, 0.25) is 24.2 Å². The van der Waals surface area contributed by atoms with E-state index >= 15 is 0 Å². The first kappa shape index (κ1) is 22.4. The van der Waals surface area contributed by atoms with E-state index in [-0.39, 0.29) is 18.3 Å². The summed E-state index contributed by atoms with van der Waals surface area (Å²) in [5.74, 6) is -0.123. The molecule has 148 valence electrons. The van der Waals surface area contributed by atoms with E-state index in [0.29, 0.717) is 17.8 Å². The van der Waals surface area contributed by atoms with Crippen LogP contribution < -0.4 is 16.0 Å². The normalized spacial score (nSPS) is 17.1. The van der Waals surface area contributed by atoms with Crippen molar-refractivity contribution >= 4 is 25.9 Å². The van der Waals surface area contributed by atoms with Gasteiger partial charge in [-0.05, 0) is 20.8 Å². The Hall–Kier alpha value is -1.67. The molecule has 2 amide bonds. The van der Waals surface area contributed by atoms with Gasteiger partial charge in [0.2, 0.25) is 5.91 Å². The molecule has 0 spiro atoms. The molecule has 0 aromatic heterocycles. The van der Waals surface area contributed by atoms with Gasteiger partial charge in [-0.3, -0.25) is 15.5 Å². The second-order valence-electron chi connectivity index (χ2n) is 8.37. The summed E-state index contributed by atoms with van der Waals surface area (Å²) in [6, 6.07) is 0.980. The Morgan fingerprint density at radius 3 is 2.38 bits per heavy atom. The molecule has 1 heterocycles. The van der Waals surface area contributed by atoms with Gasteiger partial charge in [-0.15, -0.1) is 0 Å². The van der Waals surface area contributed by atoms with E-state index in [0.717, 1.165) is 6.04 Å². The fourth-order valence-electron chi connectivity index (χ4n) is 2.67. The molecule has 1 aliphatic rings. The number of rotatable bonds is 6. The number of amides is 2. The third-order valence-corrected chi connectivity index (χ3v) is 11.2. The molecule has 0 saturated heterocycles. The molecule has 0 aromatic rings. The van der Waals surface area contributed by atoms with Gasteiger partial charge in [-0.2, -0.15) is 0 Å². The first-order valence-corrected chi connectivity index (χ1v) is 12.3. The van der Waals surface area contributed by atoms with E-state index < -0.39 is 24.7 Å². The molecule has 0 aliphatic carbocycles. The Bertz CT molecular complexity index is 624. The molecule has 1 rings (SSSR count). The van der Waals surface area contributed by atoms with Crippen LogP contribution in [0.25, 0.3) is 0 Å². The fraction of sp³-hybridized carbons (Fsp3) is 0.722. The summed E-state index contributed by atoms with van der Waals surface area (Å²) in [6.07, 6.45) is -0.559. The Morgan fingerprint density at radius 2 is 1.88 bits per heavy atom. The molecule has 8 heteroatoms. The van der Waals surface area contributed by atoms with Gasteiger partial charge < -0.3 is 15.4 Å². The van der Waals surface area contributed by atoms with Crippen LogP contribution in [0.1, 0.15) is 41.5 Å². The van der Waals surface area contributed by atoms with Crippen LogP contribution in [0.3, 0.4) is 0 Å². The number of alkyl carbamates (subject to hydrolysis) is 1. The zero-order valence-corrected chi connectivity index (χ0v) is 18.3.